The van der Waals surface area contributed by atoms with Crippen LogP contribution in [0.2, 0.25) is 0 Å². The second-order valence-electron chi connectivity index (χ2n) is 2.44. The fourth-order valence-corrected chi connectivity index (χ4v) is 0.849. The minimum absolute atomic E-state index is 0. The molecule has 1 rings (SSSR count). The number of carbonyl (C=O) groups is 1. The summed E-state index contributed by atoms with van der Waals surface area (Å²) in [7, 11) is 0. The van der Waals surface area contributed by atoms with Crippen molar-refractivity contribution in [2.45, 2.75) is 20.4 Å². The average molecular weight is 191 g/mol. The van der Waals surface area contributed by atoms with Gasteiger partial charge in [-0.15, -0.1) is 12.4 Å². The van der Waals surface area contributed by atoms with Gasteiger partial charge in [-0.2, -0.15) is 0 Å². The molecule has 0 bridgehead atoms. The van der Waals surface area contributed by atoms with E-state index < -0.39 is 5.97 Å². The Morgan fingerprint density at radius 1 is 1.67 bits per heavy atom. The molecule has 0 saturated carbocycles. The van der Waals surface area contributed by atoms with Gasteiger partial charge in [0, 0.05) is 5.69 Å². The molecule has 0 atom stereocenters. The van der Waals surface area contributed by atoms with E-state index in [0.717, 1.165) is 11.4 Å². The van der Waals surface area contributed by atoms with Crippen LogP contribution in [0.4, 0.5) is 0 Å². The maximum absolute atomic E-state index is 10.3. The van der Waals surface area contributed by atoms with Gasteiger partial charge in [0.1, 0.15) is 6.54 Å². The van der Waals surface area contributed by atoms with Gasteiger partial charge >= 0.3 is 5.97 Å². The molecule has 0 spiro atoms. The van der Waals surface area contributed by atoms with Crippen LogP contribution in [0.1, 0.15) is 11.4 Å². The highest BCUT2D eigenvalue weighted by molar-refractivity contribution is 5.85. The summed E-state index contributed by atoms with van der Waals surface area (Å²) in [5, 5.41) is 8.45. The number of aromatic nitrogens is 2. The number of imidazole rings is 1. The van der Waals surface area contributed by atoms with Crippen molar-refractivity contribution < 1.29 is 9.90 Å². The first-order valence-electron chi connectivity index (χ1n) is 3.31. The molecule has 0 fully saturated rings. The zero-order chi connectivity index (χ0) is 8.43. The number of halogens is 1. The van der Waals surface area contributed by atoms with Gasteiger partial charge in [0.25, 0.3) is 0 Å². The maximum atomic E-state index is 10.3. The predicted molar refractivity (Wildman–Crippen MR) is 46.6 cm³/mol. The van der Waals surface area contributed by atoms with E-state index in [-0.39, 0.29) is 19.0 Å². The lowest BCUT2D eigenvalue weighted by atomic mass is 10.4. The van der Waals surface area contributed by atoms with E-state index in [1.807, 2.05) is 13.8 Å². The summed E-state index contributed by atoms with van der Waals surface area (Å²) in [5.41, 5.74) is 1.79. The van der Waals surface area contributed by atoms with Gasteiger partial charge in [-0.1, -0.05) is 0 Å². The van der Waals surface area contributed by atoms with E-state index in [1.165, 1.54) is 0 Å². The van der Waals surface area contributed by atoms with Crippen LogP contribution in [0.3, 0.4) is 0 Å². The molecule has 0 aliphatic rings. The fourth-order valence-electron chi connectivity index (χ4n) is 0.849. The van der Waals surface area contributed by atoms with E-state index in [2.05, 4.69) is 4.98 Å². The number of carboxylic acid groups (broad SMARTS) is 1. The lowest BCUT2D eigenvalue weighted by molar-refractivity contribution is -0.137. The second kappa shape index (κ2) is 4.11. The Kier molecular flexibility index (Phi) is 3.76. The Hall–Kier alpha value is -1.03. The number of hydrogen-bond acceptors (Lipinski definition) is 2. The number of aliphatic carboxylic acids is 1. The van der Waals surface area contributed by atoms with E-state index in [1.54, 1.807) is 10.9 Å². The van der Waals surface area contributed by atoms with Crippen LogP contribution in [0, 0.1) is 13.8 Å². The van der Waals surface area contributed by atoms with Crippen molar-refractivity contribution in [2.24, 2.45) is 0 Å². The SMILES string of the molecule is Cc1ncn(CC(=O)O)c1C.Cl. The number of aryl methyl sites for hydroxylation is 1. The standard InChI is InChI=1S/C7H10N2O2.ClH/c1-5-6(2)9(4-8-5)3-7(10)11;/h4H,3H2,1-2H3,(H,10,11);1H. The quantitative estimate of drug-likeness (QED) is 0.757. The van der Waals surface area contributed by atoms with Gasteiger partial charge < -0.3 is 9.67 Å². The first kappa shape index (κ1) is 11.0. The van der Waals surface area contributed by atoms with Crippen LogP contribution in [0.5, 0.6) is 0 Å². The van der Waals surface area contributed by atoms with Crippen LogP contribution in [-0.2, 0) is 11.3 Å². The summed E-state index contributed by atoms with van der Waals surface area (Å²) < 4.78 is 1.61. The molecule has 68 valence electrons. The van der Waals surface area contributed by atoms with Crippen LogP contribution in [0.15, 0.2) is 6.33 Å². The highest BCUT2D eigenvalue weighted by Crippen LogP contribution is 2.02. The molecule has 12 heavy (non-hydrogen) atoms. The number of rotatable bonds is 2. The molecule has 1 heterocycles. The van der Waals surface area contributed by atoms with Crippen LogP contribution >= 0.6 is 12.4 Å². The Morgan fingerprint density at radius 3 is 2.58 bits per heavy atom. The summed E-state index contributed by atoms with van der Waals surface area (Å²) >= 11 is 0. The van der Waals surface area contributed by atoms with Gasteiger partial charge in [-0.3, -0.25) is 4.79 Å². The third kappa shape index (κ3) is 2.23. The molecule has 1 N–H and O–H groups in total. The number of nitrogens with zero attached hydrogens (tertiary/aromatic N) is 2. The van der Waals surface area contributed by atoms with Crippen molar-refractivity contribution in [3.05, 3.63) is 17.7 Å². The molecule has 0 radical (unpaired) electrons. The molecule has 0 aromatic carbocycles. The van der Waals surface area contributed by atoms with Crippen molar-refractivity contribution >= 4 is 18.4 Å². The minimum atomic E-state index is -0.842. The Bertz CT molecular complexity index is 283. The largest absolute Gasteiger partial charge is 0.480 e. The average Bonchev–Trinajstić information content (AvgIpc) is 2.18. The molecule has 0 unspecified atom stereocenters. The highest BCUT2D eigenvalue weighted by atomic mass is 35.5. The molecule has 0 aliphatic carbocycles. The molecule has 1 aromatic rings. The minimum Gasteiger partial charge on any atom is -0.480 e. The first-order chi connectivity index (χ1) is 5.11. The molecule has 0 amide bonds. The molecule has 0 aliphatic heterocycles. The zero-order valence-corrected chi connectivity index (χ0v) is 7.76. The molecule has 1 aromatic heterocycles. The van der Waals surface area contributed by atoms with Gasteiger partial charge in [0.05, 0.1) is 12.0 Å². The molecule has 0 saturated heterocycles. The highest BCUT2D eigenvalue weighted by Gasteiger charge is 2.04. The fraction of sp³-hybridized carbons (Fsp3) is 0.429. The van der Waals surface area contributed by atoms with Crippen LogP contribution in [0.25, 0.3) is 0 Å². The third-order valence-corrected chi connectivity index (χ3v) is 1.65. The van der Waals surface area contributed by atoms with Crippen LogP contribution in [-0.4, -0.2) is 20.6 Å². The topological polar surface area (TPSA) is 55.1 Å². The lowest BCUT2D eigenvalue weighted by Crippen LogP contribution is -2.08. The summed E-state index contributed by atoms with van der Waals surface area (Å²) in [5.74, 6) is -0.842. The van der Waals surface area contributed by atoms with Crippen molar-refractivity contribution in [3.63, 3.8) is 0 Å². The van der Waals surface area contributed by atoms with E-state index >= 15 is 0 Å². The van der Waals surface area contributed by atoms with Gasteiger partial charge in [0.2, 0.25) is 0 Å². The molecular weight excluding hydrogens is 180 g/mol. The summed E-state index contributed by atoms with van der Waals surface area (Å²) in [4.78, 5) is 14.3. The summed E-state index contributed by atoms with van der Waals surface area (Å²) in [6.45, 7) is 3.70. The van der Waals surface area contributed by atoms with E-state index in [0.29, 0.717) is 0 Å². The Balaban J connectivity index is 0.00000121. The molecule has 4 nitrogen and oxygen atoms in total. The van der Waals surface area contributed by atoms with Crippen molar-refractivity contribution in [3.8, 4) is 0 Å². The van der Waals surface area contributed by atoms with Crippen LogP contribution < -0.4 is 0 Å². The third-order valence-electron chi connectivity index (χ3n) is 1.65. The second-order valence-corrected chi connectivity index (χ2v) is 2.44. The molecule has 5 heteroatoms. The van der Waals surface area contributed by atoms with E-state index in [9.17, 15) is 4.79 Å². The first-order valence-corrected chi connectivity index (χ1v) is 3.31. The van der Waals surface area contributed by atoms with Gasteiger partial charge in [0.15, 0.2) is 0 Å². The normalized spacial score (nSPS) is 9.17. The van der Waals surface area contributed by atoms with Gasteiger partial charge in [-0.25, -0.2) is 4.98 Å². The summed E-state index contributed by atoms with van der Waals surface area (Å²) in [6.07, 6.45) is 1.54. The number of carboxylic acids is 1. The monoisotopic (exact) mass is 190 g/mol. The number of hydrogen-bond donors (Lipinski definition) is 1. The maximum Gasteiger partial charge on any atom is 0.323 e. The van der Waals surface area contributed by atoms with E-state index in [4.69, 9.17) is 5.11 Å². The zero-order valence-electron chi connectivity index (χ0n) is 6.94. The predicted octanol–water partition coefficient (Wildman–Crippen LogP) is 1.01. The van der Waals surface area contributed by atoms with Crippen molar-refractivity contribution in [1.82, 2.24) is 9.55 Å². The smallest absolute Gasteiger partial charge is 0.323 e. The van der Waals surface area contributed by atoms with Crippen molar-refractivity contribution in [1.29, 1.82) is 0 Å². The van der Waals surface area contributed by atoms with Gasteiger partial charge in [-0.05, 0) is 13.8 Å². The van der Waals surface area contributed by atoms with Crippen molar-refractivity contribution in [2.75, 3.05) is 0 Å². The molecular formula is C7H11ClN2O2. The Morgan fingerprint density at radius 2 is 2.25 bits per heavy atom. The Labute approximate surface area is 76.6 Å². The lowest BCUT2D eigenvalue weighted by Gasteiger charge is -1.99. The summed E-state index contributed by atoms with van der Waals surface area (Å²) in [6, 6.07) is 0.